The van der Waals surface area contributed by atoms with Gasteiger partial charge < -0.3 is 10.2 Å². The molecule has 1 saturated heterocycles. The molecule has 6 nitrogen and oxygen atoms in total. The Morgan fingerprint density at radius 3 is 2.82 bits per heavy atom. The van der Waals surface area contributed by atoms with E-state index in [0.717, 1.165) is 18.8 Å². The summed E-state index contributed by atoms with van der Waals surface area (Å²) in [6.07, 6.45) is 6.00. The fraction of sp³-hybridized carbons (Fsp3) is 0.438. The quantitative estimate of drug-likeness (QED) is 0.919. The number of nitrogens with zero attached hydrogens (tertiary/aromatic N) is 4. The first-order chi connectivity index (χ1) is 10.7. The summed E-state index contributed by atoms with van der Waals surface area (Å²) in [6, 6.07) is 6.13. The number of aryl methyl sites for hydroxylation is 2. The maximum absolute atomic E-state index is 12.0. The molecular formula is C16H21N5O. The molecule has 0 spiro atoms. The number of amides is 1. The Bertz CT molecular complexity index is 632. The van der Waals surface area contributed by atoms with Crippen LogP contribution in [0.25, 0.3) is 0 Å². The van der Waals surface area contributed by atoms with E-state index in [1.165, 1.54) is 30.4 Å². The number of aromatic nitrogens is 3. The minimum absolute atomic E-state index is 0.0103. The minimum Gasteiger partial charge on any atom is -0.371 e. The lowest BCUT2D eigenvalue weighted by Gasteiger charge is -2.20. The molecule has 0 atom stereocenters. The van der Waals surface area contributed by atoms with Crippen LogP contribution in [0.1, 0.15) is 24.8 Å². The monoisotopic (exact) mass is 299 g/mol. The van der Waals surface area contributed by atoms with Gasteiger partial charge in [0.2, 0.25) is 5.91 Å². The third-order valence-corrected chi connectivity index (χ3v) is 3.96. The van der Waals surface area contributed by atoms with E-state index in [1.54, 1.807) is 11.0 Å². The largest absolute Gasteiger partial charge is 0.371 e. The average molecular weight is 299 g/mol. The zero-order chi connectivity index (χ0) is 15.4. The van der Waals surface area contributed by atoms with Gasteiger partial charge in [-0.05, 0) is 43.5 Å². The van der Waals surface area contributed by atoms with Gasteiger partial charge in [0.15, 0.2) is 0 Å². The molecule has 22 heavy (non-hydrogen) atoms. The Hall–Kier alpha value is -2.37. The van der Waals surface area contributed by atoms with Crippen molar-refractivity contribution in [3.8, 4) is 0 Å². The van der Waals surface area contributed by atoms with Crippen molar-refractivity contribution >= 4 is 17.3 Å². The van der Waals surface area contributed by atoms with Crippen LogP contribution in [0, 0.1) is 6.92 Å². The Kier molecular flexibility index (Phi) is 4.37. The number of carbonyl (C=O) groups is 1. The van der Waals surface area contributed by atoms with Crippen LogP contribution in [0.5, 0.6) is 0 Å². The summed E-state index contributed by atoms with van der Waals surface area (Å²) in [5.74, 6) is -0.0103. The van der Waals surface area contributed by atoms with Crippen molar-refractivity contribution in [1.29, 1.82) is 0 Å². The standard InChI is InChI=1S/C16H21N5O/c1-13-10-14(4-5-15(13)20-7-2-3-8-20)19-16(22)6-9-21-12-17-11-18-21/h4-5,10-12H,2-3,6-9H2,1H3,(H,19,22). The van der Waals surface area contributed by atoms with Crippen LogP contribution in [-0.4, -0.2) is 33.8 Å². The van der Waals surface area contributed by atoms with Gasteiger partial charge in [-0.2, -0.15) is 5.10 Å². The van der Waals surface area contributed by atoms with Gasteiger partial charge in [-0.25, -0.2) is 4.98 Å². The van der Waals surface area contributed by atoms with E-state index in [9.17, 15) is 4.79 Å². The average Bonchev–Trinajstić information content (AvgIpc) is 3.19. The van der Waals surface area contributed by atoms with Gasteiger partial charge in [0.1, 0.15) is 12.7 Å². The van der Waals surface area contributed by atoms with E-state index >= 15 is 0 Å². The summed E-state index contributed by atoms with van der Waals surface area (Å²) >= 11 is 0. The second-order valence-corrected chi connectivity index (χ2v) is 5.65. The summed E-state index contributed by atoms with van der Waals surface area (Å²) < 4.78 is 1.65. The van der Waals surface area contributed by atoms with Crippen molar-refractivity contribution in [3.05, 3.63) is 36.4 Å². The van der Waals surface area contributed by atoms with Gasteiger partial charge in [0, 0.05) is 30.9 Å². The summed E-state index contributed by atoms with van der Waals surface area (Å²) in [6.45, 7) is 4.89. The summed E-state index contributed by atoms with van der Waals surface area (Å²) in [5.41, 5.74) is 3.33. The normalized spacial score (nSPS) is 14.3. The molecule has 1 aliphatic heterocycles. The Labute approximate surface area is 130 Å². The van der Waals surface area contributed by atoms with Crippen molar-refractivity contribution in [1.82, 2.24) is 14.8 Å². The van der Waals surface area contributed by atoms with Crippen LogP contribution in [-0.2, 0) is 11.3 Å². The van der Waals surface area contributed by atoms with Crippen molar-refractivity contribution < 1.29 is 4.79 Å². The number of anilines is 2. The Balaban J connectivity index is 1.57. The number of hydrogen-bond acceptors (Lipinski definition) is 4. The van der Waals surface area contributed by atoms with E-state index in [2.05, 4.69) is 33.3 Å². The molecule has 3 rings (SSSR count). The lowest BCUT2D eigenvalue weighted by atomic mass is 10.1. The van der Waals surface area contributed by atoms with E-state index in [1.807, 2.05) is 12.1 Å². The molecule has 1 aromatic heterocycles. The lowest BCUT2D eigenvalue weighted by molar-refractivity contribution is -0.116. The fourth-order valence-corrected chi connectivity index (χ4v) is 2.83. The highest BCUT2D eigenvalue weighted by Gasteiger charge is 2.14. The Morgan fingerprint density at radius 2 is 2.14 bits per heavy atom. The van der Waals surface area contributed by atoms with Gasteiger partial charge in [-0.15, -0.1) is 0 Å². The zero-order valence-electron chi connectivity index (χ0n) is 12.8. The van der Waals surface area contributed by atoms with E-state index in [0.29, 0.717) is 13.0 Å². The van der Waals surface area contributed by atoms with E-state index in [-0.39, 0.29) is 5.91 Å². The second-order valence-electron chi connectivity index (χ2n) is 5.65. The second kappa shape index (κ2) is 6.60. The van der Waals surface area contributed by atoms with Gasteiger partial charge >= 0.3 is 0 Å². The van der Waals surface area contributed by atoms with Gasteiger partial charge in [0.25, 0.3) is 0 Å². The molecule has 0 aliphatic carbocycles. The number of rotatable bonds is 5. The molecule has 0 bridgehead atoms. The van der Waals surface area contributed by atoms with Crippen molar-refractivity contribution in [2.45, 2.75) is 32.7 Å². The van der Waals surface area contributed by atoms with Crippen LogP contribution >= 0.6 is 0 Å². The molecule has 0 radical (unpaired) electrons. The molecule has 1 aromatic carbocycles. The molecule has 0 unspecified atom stereocenters. The highest BCUT2D eigenvalue weighted by atomic mass is 16.1. The topological polar surface area (TPSA) is 63.1 Å². The number of benzene rings is 1. The molecule has 116 valence electrons. The first-order valence-corrected chi connectivity index (χ1v) is 7.70. The van der Waals surface area contributed by atoms with Crippen LogP contribution < -0.4 is 10.2 Å². The highest BCUT2D eigenvalue weighted by Crippen LogP contribution is 2.26. The third-order valence-electron chi connectivity index (χ3n) is 3.96. The summed E-state index contributed by atoms with van der Waals surface area (Å²) in [4.78, 5) is 18.2. The minimum atomic E-state index is -0.0103. The predicted molar refractivity (Wildman–Crippen MR) is 85.9 cm³/mol. The van der Waals surface area contributed by atoms with Crippen LogP contribution in [0.4, 0.5) is 11.4 Å². The molecule has 1 fully saturated rings. The lowest BCUT2D eigenvalue weighted by Crippen LogP contribution is -2.19. The first-order valence-electron chi connectivity index (χ1n) is 7.70. The molecule has 2 aromatic rings. The van der Waals surface area contributed by atoms with E-state index in [4.69, 9.17) is 0 Å². The smallest absolute Gasteiger partial charge is 0.226 e. The van der Waals surface area contributed by atoms with Crippen LogP contribution in [0.3, 0.4) is 0 Å². The van der Waals surface area contributed by atoms with Gasteiger partial charge in [-0.3, -0.25) is 9.48 Å². The van der Waals surface area contributed by atoms with Gasteiger partial charge in [-0.1, -0.05) is 0 Å². The highest BCUT2D eigenvalue weighted by molar-refractivity contribution is 5.91. The summed E-state index contributed by atoms with van der Waals surface area (Å²) in [7, 11) is 0. The first kappa shape index (κ1) is 14.6. The predicted octanol–water partition coefficient (Wildman–Crippen LogP) is 2.22. The number of hydrogen-bond donors (Lipinski definition) is 1. The SMILES string of the molecule is Cc1cc(NC(=O)CCn2cncn2)ccc1N1CCCC1. The summed E-state index contributed by atoms with van der Waals surface area (Å²) in [5, 5.41) is 6.93. The van der Waals surface area contributed by atoms with Crippen LogP contribution in [0.2, 0.25) is 0 Å². The zero-order valence-corrected chi connectivity index (χ0v) is 12.8. The maximum Gasteiger partial charge on any atom is 0.226 e. The Morgan fingerprint density at radius 1 is 1.32 bits per heavy atom. The van der Waals surface area contributed by atoms with Crippen LogP contribution in [0.15, 0.2) is 30.9 Å². The molecule has 1 aliphatic rings. The van der Waals surface area contributed by atoms with Crippen molar-refractivity contribution in [3.63, 3.8) is 0 Å². The third kappa shape index (κ3) is 3.44. The number of carbonyl (C=O) groups excluding carboxylic acids is 1. The molecule has 1 amide bonds. The molecule has 1 N–H and O–H groups in total. The fourth-order valence-electron chi connectivity index (χ4n) is 2.83. The molecule has 0 saturated carbocycles. The van der Waals surface area contributed by atoms with Crippen molar-refractivity contribution in [2.75, 3.05) is 23.3 Å². The molecule has 6 heteroatoms. The van der Waals surface area contributed by atoms with E-state index < -0.39 is 0 Å². The van der Waals surface area contributed by atoms with Gasteiger partial charge in [0.05, 0.1) is 6.54 Å². The number of nitrogens with one attached hydrogen (secondary N) is 1. The van der Waals surface area contributed by atoms with Crippen molar-refractivity contribution in [2.24, 2.45) is 0 Å². The molecule has 2 heterocycles. The molecular weight excluding hydrogens is 278 g/mol. The maximum atomic E-state index is 12.0.